The Bertz CT molecular complexity index is 130. The summed E-state index contributed by atoms with van der Waals surface area (Å²) >= 11 is -2.33. The monoisotopic (exact) mass is 166 g/mol. The molecule has 60 valence electrons. The molecular weight excluding hydrogens is 158 g/mol. The smallest absolute Gasteiger partial charge is 0.0988 e. The van der Waals surface area contributed by atoms with E-state index < -0.39 is 11.3 Å². The van der Waals surface area contributed by atoms with Crippen molar-refractivity contribution < 1.29 is 8.76 Å². The van der Waals surface area contributed by atoms with Crippen molar-refractivity contribution in [3.8, 4) is 0 Å². The van der Waals surface area contributed by atoms with Crippen molar-refractivity contribution in [1.82, 2.24) is 9.73 Å². The molecule has 0 aromatic rings. The molecule has 0 aromatic carbocycles. The minimum absolute atomic E-state index is 0.0733. The lowest BCUT2D eigenvalue weighted by Gasteiger charge is -2.13. The number of nitrogens with one attached hydrogen (secondary N) is 1. The van der Waals surface area contributed by atoms with E-state index in [9.17, 15) is 13.7 Å². The summed E-state index contributed by atoms with van der Waals surface area (Å²) in [6, 6.07) is 0. The van der Waals surface area contributed by atoms with Crippen LogP contribution >= 0.6 is 0 Å². The molecule has 1 N–H and O–H groups in total. The Morgan fingerprint density at radius 2 is 2.40 bits per heavy atom. The van der Waals surface area contributed by atoms with Crippen LogP contribution in [0.15, 0.2) is 5.29 Å². The topological polar surface area (TPSA) is 84.8 Å². The van der Waals surface area contributed by atoms with Gasteiger partial charge < -0.3 is 4.55 Å². The third kappa shape index (κ3) is 4.36. The maximum absolute atomic E-state index is 9.85. The van der Waals surface area contributed by atoms with Gasteiger partial charge in [0.1, 0.15) is 0 Å². The van der Waals surface area contributed by atoms with Gasteiger partial charge in [0.2, 0.25) is 0 Å². The normalized spacial score (nSPS) is 12.6. The van der Waals surface area contributed by atoms with Gasteiger partial charge in [0.05, 0.1) is 12.0 Å². The van der Waals surface area contributed by atoms with Crippen LogP contribution in [0.4, 0.5) is 0 Å². The Kier molecular flexibility index (Phi) is 4.99. The molecule has 7 heteroatoms. The second-order valence-electron chi connectivity index (χ2n) is 1.44. The van der Waals surface area contributed by atoms with Gasteiger partial charge in [-0.1, -0.05) is 0 Å². The van der Waals surface area contributed by atoms with Crippen LogP contribution in [0.3, 0.4) is 0 Å². The summed E-state index contributed by atoms with van der Waals surface area (Å²) in [4.78, 5) is 9.78. The van der Waals surface area contributed by atoms with Crippen molar-refractivity contribution in [3.63, 3.8) is 0 Å². The fourth-order valence-corrected chi connectivity index (χ4v) is 0.580. The lowest BCUT2D eigenvalue weighted by atomic mass is 10.7. The summed E-state index contributed by atoms with van der Waals surface area (Å²) in [5, 5.41) is 3.56. The molecule has 0 radical (unpaired) electrons. The third-order valence-corrected chi connectivity index (χ3v) is 1.21. The van der Waals surface area contributed by atoms with Gasteiger partial charge in [-0.15, -0.1) is 4.91 Å². The highest BCUT2D eigenvalue weighted by Crippen LogP contribution is 1.83. The van der Waals surface area contributed by atoms with Gasteiger partial charge in [-0.05, 0) is 6.92 Å². The highest BCUT2D eigenvalue weighted by molar-refractivity contribution is 7.77. The zero-order valence-corrected chi connectivity index (χ0v) is 6.26. The van der Waals surface area contributed by atoms with Crippen LogP contribution in [0.5, 0.6) is 0 Å². The molecule has 0 bridgehead atoms. The van der Waals surface area contributed by atoms with Crippen LogP contribution in [0, 0.1) is 4.91 Å². The van der Waals surface area contributed by atoms with Crippen LogP contribution < -0.4 is 4.72 Å². The lowest BCUT2D eigenvalue weighted by Crippen LogP contribution is -2.30. The highest BCUT2D eigenvalue weighted by atomic mass is 32.2. The minimum atomic E-state index is -2.33. The number of nitrogens with zero attached hydrogens (tertiary/aromatic N) is 2. The largest absolute Gasteiger partial charge is 0.760 e. The third-order valence-electron chi connectivity index (χ3n) is 0.845. The van der Waals surface area contributed by atoms with E-state index in [0.29, 0.717) is 6.54 Å². The first-order chi connectivity index (χ1) is 4.70. The molecule has 0 aliphatic rings. The van der Waals surface area contributed by atoms with Gasteiger partial charge in [0.15, 0.2) is 0 Å². The van der Waals surface area contributed by atoms with E-state index in [-0.39, 0.29) is 6.67 Å². The molecule has 0 saturated heterocycles. The van der Waals surface area contributed by atoms with E-state index in [1.807, 2.05) is 4.72 Å². The predicted octanol–water partition coefficient (Wildman–Crippen LogP) is -0.669. The summed E-state index contributed by atoms with van der Waals surface area (Å²) in [6.07, 6.45) is 0. The predicted molar refractivity (Wildman–Crippen MR) is 35.1 cm³/mol. The van der Waals surface area contributed by atoms with Crippen LogP contribution in [0.1, 0.15) is 6.92 Å². The molecule has 6 nitrogen and oxygen atoms in total. The molecular formula is C3H8N3O3S-. The molecule has 1 atom stereocenters. The van der Waals surface area contributed by atoms with Crippen molar-refractivity contribution in [2.24, 2.45) is 5.29 Å². The van der Waals surface area contributed by atoms with Crippen molar-refractivity contribution >= 4 is 11.3 Å². The second-order valence-corrected chi connectivity index (χ2v) is 2.20. The standard InChI is InChI=1S/C3H9N3O3S/c1-2-6(5-7)3-4-10(8)9/h4H,2-3H2,1H3,(H,8,9)/p-1. The average Bonchev–Trinajstić information content (AvgIpc) is 1.90. The van der Waals surface area contributed by atoms with Crippen molar-refractivity contribution in [2.45, 2.75) is 6.92 Å². The number of hydrogen-bond donors (Lipinski definition) is 1. The second kappa shape index (κ2) is 5.27. The van der Waals surface area contributed by atoms with Gasteiger partial charge in [0, 0.05) is 17.8 Å². The first kappa shape index (κ1) is 9.47. The molecule has 0 amide bonds. The Labute approximate surface area is 61.0 Å². The Morgan fingerprint density at radius 3 is 2.70 bits per heavy atom. The molecule has 0 fully saturated rings. The molecule has 0 saturated carbocycles. The van der Waals surface area contributed by atoms with E-state index in [0.717, 1.165) is 5.01 Å². The van der Waals surface area contributed by atoms with Crippen LogP contribution in [-0.4, -0.2) is 27.0 Å². The van der Waals surface area contributed by atoms with Gasteiger partial charge in [-0.2, -0.15) is 0 Å². The van der Waals surface area contributed by atoms with Crippen LogP contribution in [0.25, 0.3) is 0 Å². The molecule has 0 aliphatic heterocycles. The SMILES string of the molecule is CCN(CNS(=O)[O-])N=O. The zero-order valence-electron chi connectivity index (χ0n) is 5.44. The molecule has 0 aromatic heterocycles. The summed E-state index contributed by atoms with van der Waals surface area (Å²) in [6.45, 7) is 2.00. The van der Waals surface area contributed by atoms with Crippen LogP contribution in [-0.2, 0) is 11.3 Å². The maximum atomic E-state index is 9.85. The summed E-state index contributed by atoms with van der Waals surface area (Å²) in [7, 11) is 0. The first-order valence-electron chi connectivity index (χ1n) is 2.61. The van der Waals surface area contributed by atoms with Gasteiger partial charge >= 0.3 is 0 Å². The molecule has 0 aliphatic carbocycles. The van der Waals surface area contributed by atoms with Gasteiger partial charge in [0.25, 0.3) is 0 Å². The maximum Gasteiger partial charge on any atom is 0.0988 e. The lowest BCUT2D eigenvalue weighted by molar-refractivity contribution is 0.294. The minimum Gasteiger partial charge on any atom is -0.760 e. The summed E-state index contributed by atoms with van der Waals surface area (Å²) in [5.74, 6) is 0. The van der Waals surface area contributed by atoms with E-state index in [1.54, 1.807) is 6.92 Å². The molecule has 0 heterocycles. The molecule has 0 rings (SSSR count). The number of rotatable bonds is 5. The fraction of sp³-hybridized carbons (Fsp3) is 1.00. The summed E-state index contributed by atoms with van der Waals surface area (Å²) in [5.41, 5.74) is 0. The van der Waals surface area contributed by atoms with Crippen molar-refractivity contribution in [2.75, 3.05) is 13.2 Å². The fourth-order valence-electron chi connectivity index (χ4n) is 0.326. The average molecular weight is 166 g/mol. The Hall–Kier alpha value is -0.530. The summed E-state index contributed by atoms with van der Waals surface area (Å²) < 4.78 is 21.7. The quantitative estimate of drug-likeness (QED) is 0.254. The Balaban J connectivity index is 3.44. The van der Waals surface area contributed by atoms with E-state index in [1.165, 1.54) is 0 Å². The molecule has 10 heavy (non-hydrogen) atoms. The number of nitroso groups, excluding NO2 is 1. The van der Waals surface area contributed by atoms with Crippen molar-refractivity contribution in [3.05, 3.63) is 4.91 Å². The van der Waals surface area contributed by atoms with Crippen LogP contribution in [0.2, 0.25) is 0 Å². The zero-order chi connectivity index (χ0) is 7.98. The van der Waals surface area contributed by atoms with Gasteiger partial charge in [-0.25, -0.2) is 9.73 Å². The van der Waals surface area contributed by atoms with Crippen molar-refractivity contribution in [1.29, 1.82) is 0 Å². The van der Waals surface area contributed by atoms with E-state index in [4.69, 9.17) is 0 Å². The van der Waals surface area contributed by atoms with Gasteiger partial charge in [-0.3, -0.25) is 4.21 Å². The Morgan fingerprint density at radius 1 is 1.80 bits per heavy atom. The highest BCUT2D eigenvalue weighted by Gasteiger charge is 1.95. The molecule has 1 unspecified atom stereocenters. The number of hydrogen-bond acceptors (Lipinski definition) is 4. The van der Waals surface area contributed by atoms with E-state index >= 15 is 0 Å². The first-order valence-corrected chi connectivity index (χ1v) is 3.69. The molecule has 0 spiro atoms. The van der Waals surface area contributed by atoms with E-state index in [2.05, 4.69) is 5.29 Å².